The number of carbonyl (C=O) groups is 2. The van der Waals surface area contributed by atoms with Crippen molar-refractivity contribution in [3.63, 3.8) is 0 Å². The summed E-state index contributed by atoms with van der Waals surface area (Å²) in [6, 6.07) is 16.2. The number of benzene rings is 2. The van der Waals surface area contributed by atoms with Crippen LogP contribution in [-0.2, 0) is 20.7 Å². The SMILES string of the molecule is O=C(Cc1cnn(-c2ccccc2)c1)OCC(=O)N1CCN(c2ccccc2F)CC1. The zero-order valence-electron chi connectivity index (χ0n) is 17.0. The van der Waals surface area contributed by atoms with Gasteiger partial charge in [-0.2, -0.15) is 5.10 Å². The maximum absolute atomic E-state index is 13.9. The predicted molar refractivity (Wildman–Crippen MR) is 113 cm³/mol. The van der Waals surface area contributed by atoms with Gasteiger partial charge in [0.1, 0.15) is 5.82 Å². The summed E-state index contributed by atoms with van der Waals surface area (Å²) in [4.78, 5) is 28.1. The predicted octanol–water partition coefficient (Wildman–Crippen LogP) is 2.45. The molecule has 0 atom stereocenters. The van der Waals surface area contributed by atoms with Crippen LogP contribution in [0.2, 0.25) is 0 Å². The van der Waals surface area contributed by atoms with Gasteiger partial charge < -0.3 is 14.5 Å². The zero-order valence-corrected chi connectivity index (χ0v) is 17.0. The molecule has 1 aliphatic heterocycles. The highest BCUT2D eigenvalue weighted by Crippen LogP contribution is 2.20. The Labute approximate surface area is 179 Å². The topological polar surface area (TPSA) is 67.7 Å². The number of nitrogens with zero attached hydrogens (tertiary/aromatic N) is 4. The van der Waals surface area contributed by atoms with Gasteiger partial charge in [0.2, 0.25) is 0 Å². The van der Waals surface area contributed by atoms with E-state index in [0.29, 0.717) is 37.4 Å². The summed E-state index contributed by atoms with van der Waals surface area (Å²) in [6.07, 6.45) is 3.42. The van der Waals surface area contributed by atoms with Crippen LogP contribution in [0.4, 0.5) is 10.1 Å². The van der Waals surface area contributed by atoms with Gasteiger partial charge in [0, 0.05) is 37.9 Å². The highest BCUT2D eigenvalue weighted by molar-refractivity contribution is 5.81. The monoisotopic (exact) mass is 422 g/mol. The molecule has 0 unspecified atom stereocenters. The first-order valence-electron chi connectivity index (χ1n) is 10.1. The van der Waals surface area contributed by atoms with Gasteiger partial charge in [-0.3, -0.25) is 9.59 Å². The second-order valence-corrected chi connectivity index (χ2v) is 7.29. The average molecular weight is 422 g/mol. The molecule has 1 fully saturated rings. The summed E-state index contributed by atoms with van der Waals surface area (Å²) in [5.41, 5.74) is 2.14. The lowest BCUT2D eigenvalue weighted by atomic mass is 10.2. The van der Waals surface area contributed by atoms with E-state index in [2.05, 4.69) is 5.10 Å². The van der Waals surface area contributed by atoms with Gasteiger partial charge in [-0.25, -0.2) is 9.07 Å². The molecule has 31 heavy (non-hydrogen) atoms. The van der Waals surface area contributed by atoms with Gasteiger partial charge in [0.05, 0.1) is 24.0 Å². The quantitative estimate of drug-likeness (QED) is 0.571. The van der Waals surface area contributed by atoms with Crippen LogP contribution in [0.3, 0.4) is 0 Å². The fourth-order valence-electron chi connectivity index (χ4n) is 3.53. The summed E-state index contributed by atoms with van der Waals surface area (Å²) in [7, 11) is 0. The van der Waals surface area contributed by atoms with E-state index < -0.39 is 5.97 Å². The molecule has 1 amide bonds. The molecule has 4 rings (SSSR count). The normalized spacial score (nSPS) is 13.8. The average Bonchev–Trinajstić information content (AvgIpc) is 3.27. The number of piperazine rings is 1. The van der Waals surface area contributed by atoms with Crippen LogP contribution in [0.15, 0.2) is 67.0 Å². The lowest BCUT2D eigenvalue weighted by molar-refractivity contribution is -0.151. The zero-order chi connectivity index (χ0) is 21.6. The fourth-order valence-corrected chi connectivity index (χ4v) is 3.53. The van der Waals surface area contributed by atoms with Gasteiger partial charge in [0.25, 0.3) is 5.91 Å². The van der Waals surface area contributed by atoms with Crippen molar-refractivity contribution in [3.8, 4) is 5.69 Å². The van der Waals surface area contributed by atoms with Crippen molar-refractivity contribution in [2.75, 3.05) is 37.7 Å². The Morgan fingerprint density at radius 3 is 2.42 bits per heavy atom. The molecule has 1 saturated heterocycles. The van der Waals surface area contributed by atoms with Crippen molar-refractivity contribution in [2.24, 2.45) is 0 Å². The number of halogens is 1. The smallest absolute Gasteiger partial charge is 0.310 e. The van der Waals surface area contributed by atoms with Crippen LogP contribution in [0.5, 0.6) is 0 Å². The van der Waals surface area contributed by atoms with Crippen LogP contribution in [0.1, 0.15) is 5.56 Å². The van der Waals surface area contributed by atoms with Crippen LogP contribution in [-0.4, -0.2) is 59.3 Å². The third-order valence-electron chi connectivity index (χ3n) is 5.19. The van der Waals surface area contributed by atoms with Crippen LogP contribution in [0, 0.1) is 5.82 Å². The number of rotatable bonds is 6. The molecular formula is C23H23FN4O3. The van der Waals surface area contributed by atoms with Gasteiger partial charge in [-0.1, -0.05) is 30.3 Å². The lowest BCUT2D eigenvalue weighted by Crippen LogP contribution is -2.50. The van der Waals surface area contributed by atoms with E-state index in [9.17, 15) is 14.0 Å². The van der Waals surface area contributed by atoms with Crippen LogP contribution in [0.25, 0.3) is 5.69 Å². The molecule has 2 aromatic carbocycles. The fraction of sp³-hybridized carbons (Fsp3) is 0.261. The molecular weight excluding hydrogens is 399 g/mol. The van der Waals surface area contributed by atoms with Crippen molar-refractivity contribution in [1.82, 2.24) is 14.7 Å². The summed E-state index contributed by atoms with van der Waals surface area (Å²) < 4.78 is 20.8. The molecule has 0 aliphatic carbocycles. The largest absolute Gasteiger partial charge is 0.455 e. The van der Waals surface area contributed by atoms with Gasteiger partial charge in [0.15, 0.2) is 6.61 Å². The van der Waals surface area contributed by atoms with E-state index in [1.807, 2.05) is 35.2 Å². The maximum Gasteiger partial charge on any atom is 0.310 e. The van der Waals surface area contributed by atoms with Gasteiger partial charge in [-0.15, -0.1) is 0 Å². The van der Waals surface area contributed by atoms with E-state index in [-0.39, 0.29) is 24.8 Å². The maximum atomic E-state index is 13.9. The molecule has 0 radical (unpaired) electrons. The number of para-hydroxylation sites is 2. The van der Waals surface area contributed by atoms with Gasteiger partial charge >= 0.3 is 5.97 Å². The summed E-state index contributed by atoms with van der Waals surface area (Å²) in [6.45, 7) is 1.66. The third-order valence-corrected chi connectivity index (χ3v) is 5.19. The Morgan fingerprint density at radius 2 is 1.68 bits per heavy atom. The lowest BCUT2D eigenvalue weighted by Gasteiger charge is -2.36. The Bertz CT molecular complexity index is 1050. The van der Waals surface area contributed by atoms with Crippen LogP contribution >= 0.6 is 0 Å². The number of amides is 1. The minimum absolute atomic E-state index is 0.0428. The number of esters is 1. The van der Waals surface area contributed by atoms with Crippen molar-refractivity contribution in [1.29, 1.82) is 0 Å². The Morgan fingerprint density at radius 1 is 0.968 bits per heavy atom. The van der Waals surface area contributed by atoms with E-state index in [0.717, 1.165) is 5.69 Å². The molecule has 8 heteroatoms. The molecule has 1 aliphatic rings. The van der Waals surface area contributed by atoms with Crippen molar-refractivity contribution < 1.29 is 18.7 Å². The van der Waals surface area contributed by atoms with Gasteiger partial charge in [-0.05, 0) is 24.3 Å². The first-order chi connectivity index (χ1) is 15.1. The number of aromatic nitrogens is 2. The summed E-state index contributed by atoms with van der Waals surface area (Å²) in [5.74, 6) is -1.00. The minimum Gasteiger partial charge on any atom is -0.455 e. The summed E-state index contributed by atoms with van der Waals surface area (Å²) in [5, 5.41) is 4.25. The molecule has 0 spiro atoms. The molecule has 0 bridgehead atoms. The molecule has 1 aromatic heterocycles. The number of carbonyl (C=O) groups excluding carboxylic acids is 2. The second-order valence-electron chi connectivity index (χ2n) is 7.29. The first-order valence-corrected chi connectivity index (χ1v) is 10.1. The third kappa shape index (κ3) is 5.09. The first kappa shape index (κ1) is 20.6. The Kier molecular flexibility index (Phi) is 6.26. The van der Waals surface area contributed by atoms with E-state index in [4.69, 9.17) is 4.74 Å². The minimum atomic E-state index is -0.481. The van der Waals surface area contributed by atoms with Crippen molar-refractivity contribution in [3.05, 3.63) is 78.4 Å². The van der Waals surface area contributed by atoms with Crippen molar-refractivity contribution in [2.45, 2.75) is 6.42 Å². The molecule has 160 valence electrons. The Balaban J connectivity index is 1.23. The van der Waals surface area contributed by atoms with E-state index in [1.165, 1.54) is 6.07 Å². The number of ether oxygens (including phenoxy) is 1. The highest BCUT2D eigenvalue weighted by atomic mass is 19.1. The standard InChI is InChI=1S/C23H23FN4O3/c24-20-8-4-5-9-21(20)26-10-12-27(13-11-26)22(29)17-31-23(30)14-18-15-25-28(16-18)19-6-2-1-3-7-19/h1-9,15-16H,10-14,17H2. The second kappa shape index (κ2) is 9.42. The summed E-state index contributed by atoms with van der Waals surface area (Å²) >= 11 is 0. The van der Waals surface area contributed by atoms with Crippen LogP contribution < -0.4 is 4.90 Å². The number of hydrogen-bond donors (Lipinski definition) is 0. The van der Waals surface area contributed by atoms with E-state index >= 15 is 0 Å². The highest BCUT2D eigenvalue weighted by Gasteiger charge is 2.23. The molecule has 7 nitrogen and oxygen atoms in total. The van der Waals surface area contributed by atoms with Crippen molar-refractivity contribution >= 4 is 17.6 Å². The molecule has 0 saturated carbocycles. The molecule has 3 aromatic rings. The number of anilines is 1. The molecule has 2 heterocycles. The van der Waals surface area contributed by atoms with E-state index in [1.54, 1.807) is 40.2 Å². The number of hydrogen-bond acceptors (Lipinski definition) is 5. The Hall–Kier alpha value is -3.68. The molecule has 0 N–H and O–H groups in total.